The highest BCUT2D eigenvalue weighted by atomic mass is 16.4. The van der Waals surface area contributed by atoms with Gasteiger partial charge in [0, 0.05) is 20.8 Å². The van der Waals surface area contributed by atoms with Crippen molar-refractivity contribution < 1.29 is 29.7 Å². The number of carboxylic acid groups (broad SMARTS) is 3. The van der Waals surface area contributed by atoms with Crippen LogP contribution in [0.1, 0.15) is 20.8 Å². The number of rotatable bonds is 0. The predicted octanol–water partition coefficient (Wildman–Crippen LogP) is 1.41. The van der Waals surface area contributed by atoms with Gasteiger partial charge in [-0.05, 0) is 0 Å². The zero-order valence-corrected chi connectivity index (χ0v) is 12.0. The van der Waals surface area contributed by atoms with Crippen molar-refractivity contribution in [2.24, 2.45) is 0 Å². The van der Waals surface area contributed by atoms with E-state index in [1.54, 1.807) is 0 Å². The first kappa shape index (κ1) is 87.7. The molecule has 24 N–H and O–H groups in total. The Morgan fingerprint density at radius 3 is 0.474 bits per heavy atom. The van der Waals surface area contributed by atoms with Gasteiger partial charge in [0.05, 0.1) is 0 Å². The van der Waals surface area contributed by atoms with Gasteiger partial charge in [-0.1, -0.05) is 0 Å². The van der Waals surface area contributed by atoms with E-state index in [1.165, 1.54) is 0 Å². The second kappa shape index (κ2) is 72.6. The van der Waals surface area contributed by atoms with E-state index in [9.17, 15) is 0 Å². The van der Waals surface area contributed by atoms with E-state index in [-0.39, 0.29) is 43.1 Å². The maximum absolute atomic E-state index is 9.00. The lowest BCUT2D eigenvalue weighted by atomic mass is 10.9. The Labute approximate surface area is 112 Å². The second-order valence-electron chi connectivity index (χ2n) is 1.56. The SMILES string of the molecule is CC(=O)O.CC(=O)O.CC(=O)O.N.N.N.N.N.N.N. The molecule has 0 fully saturated rings. The van der Waals surface area contributed by atoms with Crippen LogP contribution in [-0.4, -0.2) is 33.2 Å². The molecule has 0 saturated heterocycles. The molecule has 0 aliphatic heterocycles. The van der Waals surface area contributed by atoms with Crippen molar-refractivity contribution in [3.8, 4) is 0 Å². The van der Waals surface area contributed by atoms with Crippen LogP contribution in [0, 0.1) is 0 Å². The van der Waals surface area contributed by atoms with Gasteiger partial charge in [-0.25, -0.2) is 0 Å². The van der Waals surface area contributed by atoms with Crippen LogP contribution in [0.25, 0.3) is 0 Å². The van der Waals surface area contributed by atoms with Crippen LogP contribution in [0.3, 0.4) is 0 Å². The van der Waals surface area contributed by atoms with Crippen LogP contribution in [0.15, 0.2) is 0 Å². The van der Waals surface area contributed by atoms with Gasteiger partial charge in [-0.2, -0.15) is 0 Å². The zero-order chi connectivity index (χ0) is 10.7. The Hall–Kier alpha value is -1.87. The van der Waals surface area contributed by atoms with Gasteiger partial charge in [-0.3, -0.25) is 14.4 Å². The molecule has 0 aromatic carbocycles. The number of hydrogen-bond donors (Lipinski definition) is 10. The van der Waals surface area contributed by atoms with Crippen LogP contribution >= 0.6 is 0 Å². The molecule has 0 spiro atoms. The molecule has 0 saturated carbocycles. The number of hydrogen-bond acceptors (Lipinski definition) is 10. The highest BCUT2D eigenvalue weighted by molar-refractivity contribution is 5.63. The van der Waals surface area contributed by atoms with E-state index in [0.717, 1.165) is 20.8 Å². The van der Waals surface area contributed by atoms with Crippen molar-refractivity contribution in [1.29, 1.82) is 0 Å². The van der Waals surface area contributed by atoms with E-state index in [2.05, 4.69) is 0 Å². The molecule has 128 valence electrons. The quantitative estimate of drug-likeness (QED) is 0.302. The molecule has 0 amide bonds. The lowest BCUT2D eigenvalue weighted by Crippen LogP contribution is -1.78. The molecular weight excluding hydrogens is 266 g/mol. The largest absolute Gasteiger partial charge is 0.481 e. The highest BCUT2D eigenvalue weighted by Crippen LogP contribution is 1.42. The van der Waals surface area contributed by atoms with Crippen molar-refractivity contribution in [2.75, 3.05) is 0 Å². The van der Waals surface area contributed by atoms with Gasteiger partial charge >= 0.3 is 0 Å². The first-order valence-corrected chi connectivity index (χ1v) is 2.78. The Bertz CT molecular complexity index is 128. The summed E-state index contributed by atoms with van der Waals surface area (Å²) in [5.74, 6) is -2.50. The van der Waals surface area contributed by atoms with Crippen molar-refractivity contribution in [1.82, 2.24) is 43.1 Å². The molecule has 0 aliphatic carbocycles. The summed E-state index contributed by atoms with van der Waals surface area (Å²) in [7, 11) is 0. The molecule has 0 unspecified atom stereocenters. The molecule has 0 radical (unpaired) electrons. The lowest BCUT2D eigenvalue weighted by Gasteiger charge is -1.59. The minimum absolute atomic E-state index is 0. The molecule has 19 heavy (non-hydrogen) atoms. The fourth-order valence-electron chi connectivity index (χ4n) is 0. The smallest absolute Gasteiger partial charge is 0.300 e. The van der Waals surface area contributed by atoms with Gasteiger partial charge in [-0.15, -0.1) is 0 Å². The molecule has 13 nitrogen and oxygen atoms in total. The monoisotopic (exact) mass is 299 g/mol. The van der Waals surface area contributed by atoms with E-state index in [1.807, 2.05) is 0 Å². The normalized spacial score (nSPS) is 3.95. The number of aliphatic carboxylic acids is 3. The third kappa shape index (κ3) is 921. The summed E-state index contributed by atoms with van der Waals surface area (Å²) in [5.41, 5.74) is 0. The fourth-order valence-corrected chi connectivity index (χ4v) is 0. The Balaban J connectivity index is -0.00000000675. The maximum atomic E-state index is 9.00. The van der Waals surface area contributed by atoms with Gasteiger partial charge in [0.2, 0.25) is 0 Å². The summed E-state index contributed by atoms with van der Waals surface area (Å²) in [6.45, 7) is 3.25. The first-order valence-electron chi connectivity index (χ1n) is 2.78. The van der Waals surface area contributed by atoms with Crippen LogP contribution in [0.5, 0.6) is 0 Å². The minimum atomic E-state index is -0.833. The Kier molecular flexibility index (Phi) is 335. The molecular formula is C6H33N7O6. The van der Waals surface area contributed by atoms with E-state index in [4.69, 9.17) is 29.7 Å². The third-order valence-corrected chi connectivity index (χ3v) is 0. The van der Waals surface area contributed by atoms with Crippen molar-refractivity contribution in [2.45, 2.75) is 20.8 Å². The van der Waals surface area contributed by atoms with Gasteiger partial charge in [0.1, 0.15) is 0 Å². The fraction of sp³-hybridized carbons (Fsp3) is 0.500. The van der Waals surface area contributed by atoms with Crippen molar-refractivity contribution in [3.63, 3.8) is 0 Å². The molecule has 0 aromatic rings. The first-order chi connectivity index (χ1) is 5.20. The molecule has 0 atom stereocenters. The molecule has 0 heterocycles. The van der Waals surface area contributed by atoms with E-state index in [0.29, 0.717) is 0 Å². The maximum Gasteiger partial charge on any atom is 0.300 e. The Morgan fingerprint density at radius 1 is 0.474 bits per heavy atom. The molecule has 0 aromatic heterocycles. The predicted molar refractivity (Wildman–Crippen MR) is 75.1 cm³/mol. The molecule has 0 rings (SSSR count). The van der Waals surface area contributed by atoms with Crippen molar-refractivity contribution in [3.05, 3.63) is 0 Å². The second-order valence-corrected chi connectivity index (χ2v) is 1.56. The summed E-state index contributed by atoms with van der Waals surface area (Å²) < 4.78 is 0. The van der Waals surface area contributed by atoms with Crippen LogP contribution in [0.2, 0.25) is 0 Å². The molecule has 13 heteroatoms. The van der Waals surface area contributed by atoms with E-state index >= 15 is 0 Å². The van der Waals surface area contributed by atoms with Crippen LogP contribution in [0.4, 0.5) is 0 Å². The Morgan fingerprint density at radius 2 is 0.474 bits per heavy atom. The number of carboxylic acids is 3. The van der Waals surface area contributed by atoms with E-state index < -0.39 is 17.9 Å². The zero-order valence-electron chi connectivity index (χ0n) is 12.0. The highest BCUT2D eigenvalue weighted by Gasteiger charge is 1.66. The van der Waals surface area contributed by atoms with Crippen LogP contribution in [-0.2, 0) is 14.4 Å². The summed E-state index contributed by atoms with van der Waals surface area (Å²) in [6, 6.07) is 0. The van der Waals surface area contributed by atoms with Crippen molar-refractivity contribution >= 4 is 17.9 Å². The lowest BCUT2D eigenvalue weighted by molar-refractivity contribution is -0.135. The molecule has 0 bridgehead atoms. The summed E-state index contributed by atoms with van der Waals surface area (Å²) >= 11 is 0. The standard InChI is InChI=1S/3C2H4O2.7H3N/c3*1-2(3)4;;;;;;;/h3*1H3,(H,3,4);7*1H3. The average Bonchev–Trinajstić information content (AvgIpc) is 1.54. The van der Waals surface area contributed by atoms with Gasteiger partial charge in [0.25, 0.3) is 17.9 Å². The average molecular weight is 299 g/mol. The molecule has 0 aliphatic rings. The van der Waals surface area contributed by atoms with Gasteiger partial charge in [0.15, 0.2) is 0 Å². The summed E-state index contributed by atoms with van der Waals surface area (Å²) in [6.07, 6.45) is 0. The summed E-state index contributed by atoms with van der Waals surface area (Å²) in [4.78, 5) is 27.0. The minimum Gasteiger partial charge on any atom is -0.481 e. The number of carbonyl (C=O) groups is 3. The van der Waals surface area contributed by atoms with Crippen LogP contribution < -0.4 is 43.1 Å². The third-order valence-electron chi connectivity index (χ3n) is 0. The van der Waals surface area contributed by atoms with Gasteiger partial charge < -0.3 is 58.4 Å². The summed E-state index contributed by atoms with van der Waals surface area (Å²) in [5, 5.41) is 22.2. The topological polar surface area (TPSA) is 357 Å².